The van der Waals surface area contributed by atoms with Crippen LogP contribution in [0.5, 0.6) is 0 Å². The van der Waals surface area contributed by atoms with Gasteiger partial charge in [-0.25, -0.2) is 4.79 Å². The lowest BCUT2D eigenvalue weighted by atomic mass is 10.2. The van der Waals surface area contributed by atoms with Crippen LogP contribution in [0.1, 0.15) is 12.5 Å². The van der Waals surface area contributed by atoms with E-state index in [0.717, 1.165) is 5.56 Å². The van der Waals surface area contributed by atoms with Crippen molar-refractivity contribution in [3.05, 3.63) is 28.8 Å². The molecular formula is C13H17ClN2O3. The van der Waals surface area contributed by atoms with Gasteiger partial charge in [-0.15, -0.1) is 0 Å². The number of nitrogens with one attached hydrogen (secondary N) is 1. The van der Waals surface area contributed by atoms with Crippen molar-refractivity contribution in [2.45, 2.75) is 13.8 Å². The van der Waals surface area contributed by atoms with Gasteiger partial charge < -0.3 is 15.3 Å². The Bertz CT molecular complexity index is 471. The van der Waals surface area contributed by atoms with Gasteiger partial charge in [-0.3, -0.25) is 4.79 Å². The molecule has 0 aliphatic heterocycles. The maximum absolute atomic E-state index is 11.9. The molecule has 1 aromatic carbocycles. The monoisotopic (exact) mass is 284 g/mol. The van der Waals surface area contributed by atoms with Crippen LogP contribution in [-0.4, -0.2) is 35.6 Å². The Kier molecular flexibility index (Phi) is 5.18. The Labute approximate surface area is 117 Å². The number of hydrogen-bond acceptors (Lipinski definition) is 2. The molecule has 0 saturated carbocycles. The number of carbonyl (C=O) groups is 2. The highest BCUT2D eigenvalue weighted by Crippen LogP contribution is 2.25. The Morgan fingerprint density at radius 2 is 2.11 bits per heavy atom. The first-order valence-corrected chi connectivity index (χ1v) is 6.20. The van der Waals surface area contributed by atoms with Crippen LogP contribution in [-0.2, 0) is 4.79 Å². The summed E-state index contributed by atoms with van der Waals surface area (Å²) in [5.74, 6) is -1.56. The van der Waals surface area contributed by atoms with E-state index in [4.69, 9.17) is 16.7 Å². The lowest BCUT2D eigenvalue weighted by Crippen LogP contribution is -2.36. The molecule has 5 nitrogen and oxygen atoms in total. The van der Waals surface area contributed by atoms with E-state index in [1.807, 2.05) is 13.0 Å². The molecule has 0 spiro atoms. The normalized spacial score (nSPS) is 11.8. The topological polar surface area (TPSA) is 69.6 Å². The van der Waals surface area contributed by atoms with Gasteiger partial charge in [-0.1, -0.05) is 30.7 Å². The average Bonchev–Trinajstić information content (AvgIpc) is 2.33. The van der Waals surface area contributed by atoms with E-state index >= 15 is 0 Å². The van der Waals surface area contributed by atoms with Gasteiger partial charge in [0.1, 0.15) is 0 Å². The average molecular weight is 285 g/mol. The number of carbonyl (C=O) groups excluding carboxylic acids is 1. The zero-order chi connectivity index (χ0) is 14.6. The van der Waals surface area contributed by atoms with Crippen molar-refractivity contribution in [3.63, 3.8) is 0 Å². The van der Waals surface area contributed by atoms with Crippen LogP contribution < -0.4 is 5.32 Å². The SMILES string of the molecule is Cc1cccc(Cl)c1NC(=O)N(C)CC(C)C(=O)O. The van der Waals surface area contributed by atoms with Crippen molar-refractivity contribution in [2.24, 2.45) is 5.92 Å². The van der Waals surface area contributed by atoms with Crippen LogP contribution in [0.2, 0.25) is 5.02 Å². The molecular weight excluding hydrogens is 268 g/mol. The molecule has 0 aliphatic carbocycles. The number of benzene rings is 1. The van der Waals surface area contributed by atoms with Gasteiger partial charge in [0.05, 0.1) is 16.6 Å². The van der Waals surface area contributed by atoms with Gasteiger partial charge in [-0.2, -0.15) is 0 Å². The molecule has 0 aromatic heterocycles. The fraction of sp³-hybridized carbons (Fsp3) is 0.385. The molecule has 2 N–H and O–H groups in total. The van der Waals surface area contributed by atoms with Crippen molar-refractivity contribution in [1.29, 1.82) is 0 Å². The van der Waals surface area contributed by atoms with Gasteiger partial charge in [0.2, 0.25) is 0 Å². The molecule has 0 fully saturated rings. The molecule has 19 heavy (non-hydrogen) atoms. The van der Waals surface area contributed by atoms with Crippen LogP contribution in [0.15, 0.2) is 18.2 Å². The minimum absolute atomic E-state index is 0.130. The van der Waals surface area contributed by atoms with Gasteiger partial charge in [0.25, 0.3) is 0 Å². The largest absolute Gasteiger partial charge is 0.481 e. The molecule has 2 amide bonds. The number of para-hydroxylation sites is 1. The van der Waals surface area contributed by atoms with Gasteiger partial charge in [0, 0.05) is 13.6 Å². The highest BCUT2D eigenvalue weighted by atomic mass is 35.5. The summed E-state index contributed by atoms with van der Waals surface area (Å²) in [6, 6.07) is 4.93. The molecule has 104 valence electrons. The van der Waals surface area contributed by atoms with Crippen molar-refractivity contribution in [1.82, 2.24) is 4.90 Å². The second-order valence-corrected chi connectivity index (χ2v) is 4.89. The molecule has 1 rings (SSSR count). The number of hydrogen-bond donors (Lipinski definition) is 2. The van der Waals surface area contributed by atoms with E-state index in [1.54, 1.807) is 26.1 Å². The number of carboxylic acid groups (broad SMARTS) is 1. The predicted octanol–water partition coefficient (Wildman–Crippen LogP) is 2.83. The summed E-state index contributed by atoms with van der Waals surface area (Å²) < 4.78 is 0. The van der Waals surface area contributed by atoms with Gasteiger partial charge in [0.15, 0.2) is 0 Å². The third kappa shape index (κ3) is 4.13. The number of rotatable bonds is 4. The lowest BCUT2D eigenvalue weighted by molar-refractivity contribution is -0.141. The number of carboxylic acids is 1. The molecule has 0 saturated heterocycles. The highest BCUT2D eigenvalue weighted by Gasteiger charge is 2.18. The molecule has 1 atom stereocenters. The summed E-state index contributed by atoms with van der Waals surface area (Å²) in [5.41, 5.74) is 1.39. The highest BCUT2D eigenvalue weighted by molar-refractivity contribution is 6.33. The fourth-order valence-electron chi connectivity index (χ4n) is 1.56. The number of aryl methyl sites for hydroxylation is 1. The van der Waals surface area contributed by atoms with Crippen molar-refractivity contribution >= 4 is 29.3 Å². The Morgan fingerprint density at radius 3 is 2.63 bits per heavy atom. The van der Waals surface area contributed by atoms with Crippen molar-refractivity contribution in [2.75, 3.05) is 18.9 Å². The molecule has 1 unspecified atom stereocenters. The first kappa shape index (κ1) is 15.3. The lowest BCUT2D eigenvalue weighted by Gasteiger charge is -2.21. The Balaban J connectivity index is 2.72. The third-order valence-electron chi connectivity index (χ3n) is 2.77. The second kappa shape index (κ2) is 6.43. The van der Waals surface area contributed by atoms with Gasteiger partial charge in [-0.05, 0) is 18.6 Å². The van der Waals surface area contributed by atoms with Crippen LogP contribution in [0.4, 0.5) is 10.5 Å². The third-order valence-corrected chi connectivity index (χ3v) is 3.08. The zero-order valence-electron chi connectivity index (χ0n) is 11.1. The Hall–Kier alpha value is -1.75. The number of anilines is 1. The minimum atomic E-state index is -0.937. The molecule has 0 bridgehead atoms. The minimum Gasteiger partial charge on any atom is -0.481 e. The number of nitrogens with zero attached hydrogens (tertiary/aromatic N) is 1. The summed E-state index contributed by atoms with van der Waals surface area (Å²) in [6.45, 7) is 3.51. The first-order chi connectivity index (χ1) is 8.82. The fourth-order valence-corrected chi connectivity index (χ4v) is 1.83. The van der Waals surface area contributed by atoms with Crippen molar-refractivity contribution < 1.29 is 14.7 Å². The van der Waals surface area contributed by atoms with E-state index in [0.29, 0.717) is 10.7 Å². The Morgan fingerprint density at radius 1 is 1.47 bits per heavy atom. The van der Waals surface area contributed by atoms with Crippen LogP contribution in [0.25, 0.3) is 0 Å². The maximum atomic E-state index is 11.9. The summed E-state index contributed by atoms with van der Waals surface area (Å²) >= 11 is 6.01. The van der Waals surface area contributed by atoms with Gasteiger partial charge >= 0.3 is 12.0 Å². The number of urea groups is 1. The standard InChI is InChI=1S/C13H17ClN2O3/c1-8-5-4-6-10(14)11(8)15-13(19)16(3)7-9(2)12(17)18/h4-6,9H,7H2,1-3H3,(H,15,19)(H,17,18). The van der Waals surface area contributed by atoms with E-state index in [2.05, 4.69) is 5.32 Å². The number of aliphatic carboxylic acids is 1. The number of halogens is 1. The van der Waals surface area contributed by atoms with E-state index in [9.17, 15) is 9.59 Å². The quantitative estimate of drug-likeness (QED) is 0.893. The summed E-state index contributed by atoms with van der Waals surface area (Å²) in [6.07, 6.45) is 0. The summed E-state index contributed by atoms with van der Waals surface area (Å²) in [4.78, 5) is 24.0. The molecule has 1 aromatic rings. The molecule has 0 aliphatic rings. The first-order valence-electron chi connectivity index (χ1n) is 5.83. The summed E-state index contributed by atoms with van der Waals surface area (Å²) in [5, 5.41) is 11.9. The zero-order valence-corrected chi connectivity index (χ0v) is 11.9. The van der Waals surface area contributed by atoms with Crippen LogP contribution in [0, 0.1) is 12.8 Å². The predicted molar refractivity (Wildman–Crippen MR) is 74.6 cm³/mol. The van der Waals surface area contributed by atoms with E-state index in [1.165, 1.54) is 4.90 Å². The van der Waals surface area contributed by atoms with Crippen LogP contribution in [0.3, 0.4) is 0 Å². The number of amides is 2. The van der Waals surface area contributed by atoms with Crippen LogP contribution >= 0.6 is 11.6 Å². The van der Waals surface area contributed by atoms with E-state index < -0.39 is 11.9 Å². The molecule has 6 heteroatoms. The smallest absolute Gasteiger partial charge is 0.321 e. The maximum Gasteiger partial charge on any atom is 0.321 e. The van der Waals surface area contributed by atoms with E-state index in [-0.39, 0.29) is 12.6 Å². The molecule has 0 heterocycles. The molecule has 0 radical (unpaired) electrons. The van der Waals surface area contributed by atoms with Crippen molar-refractivity contribution in [3.8, 4) is 0 Å². The second-order valence-electron chi connectivity index (χ2n) is 4.48. The summed E-state index contributed by atoms with van der Waals surface area (Å²) in [7, 11) is 1.54.